The van der Waals surface area contributed by atoms with Crippen molar-refractivity contribution in [3.05, 3.63) is 42.2 Å². The standard InChI is InChI=1S/C15H15N3O3/c19-15(20)11-3-5-12(6-4-11)21-14-9-13(16-10-17-14)18-7-1-2-8-18/h3-6,9-10H,1-2,7-8H2,(H,19,20). The van der Waals surface area contributed by atoms with Crippen LogP contribution in [0.2, 0.25) is 0 Å². The third kappa shape index (κ3) is 3.10. The lowest BCUT2D eigenvalue weighted by Crippen LogP contribution is -2.18. The number of aromatic nitrogens is 2. The van der Waals surface area contributed by atoms with Crippen molar-refractivity contribution < 1.29 is 14.6 Å². The first-order valence-corrected chi connectivity index (χ1v) is 6.80. The molecule has 0 aliphatic carbocycles. The quantitative estimate of drug-likeness (QED) is 0.930. The highest BCUT2D eigenvalue weighted by molar-refractivity contribution is 5.87. The van der Waals surface area contributed by atoms with Gasteiger partial charge in [-0.15, -0.1) is 0 Å². The molecule has 0 atom stereocenters. The summed E-state index contributed by atoms with van der Waals surface area (Å²) in [7, 11) is 0. The van der Waals surface area contributed by atoms with E-state index >= 15 is 0 Å². The van der Waals surface area contributed by atoms with Gasteiger partial charge in [-0.25, -0.2) is 14.8 Å². The van der Waals surface area contributed by atoms with Gasteiger partial charge in [0.2, 0.25) is 5.88 Å². The molecule has 0 amide bonds. The predicted octanol–water partition coefficient (Wildman–Crippen LogP) is 2.57. The number of benzene rings is 1. The summed E-state index contributed by atoms with van der Waals surface area (Å²) in [5.41, 5.74) is 0.225. The van der Waals surface area contributed by atoms with Crippen LogP contribution in [0.4, 0.5) is 5.82 Å². The average molecular weight is 285 g/mol. The molecular formula is C15H15N3O3. The molecule has 3 rings (SSSR count). The van der Waals surface area contributed by atoms with Gasteiger partial charge in [0.1, 0.15) is 17.9 Å². The van der Waals surface area contributed by atoms with Crippen LogP contribution in [-0.2, 0) is 0 Å². The van der Waals surface area contributed by atoms with Crippen LogP contribution < -0.4 is 9.64 Å². The Bertz CT molecular complexity index is 637. The van der Waals surface area contributed by atoms with Crippen molar-refractivity contribution in [3.8, 4) is 11.6 Å². The van der Waals surface area contributed by atoms with Crippen molar-refractivity contribution >= 4 is 11.8 Å². The van der Waals surface area contributed by atoms with Gasteiger partial charge in [-0.1, -0.05) is 0 Å². The summed E-state index contributed by atoms with van der Waals surface area (Å²) in [6.07, 6.45) is 3.84. The fourth-order valence-electron chi connectivity index (χ4n) is 2.29. The number of hydrogen-bond acceptors (Lipinski definition) is 5. The number of anilines is 1. The summed E-state index contributed by atoms with van der Waals surface area (Å²) in [5.74, 6) is 0.903. The van der Waals surface area contributed by atoms with E-state index in [4.69, 9.17) is 9.84 Å². The predicted molar refractivity (Wildman–Crippen MR) is 77.0 cm³/mol. The van der Waals surface area contributed by atoms with Crippen LogP contribution in [0.3, 0.4) is 0 Å². The molecule has 1 aliphatic heterocycles. The van der Waals surface area contributed by atoms with Gasteiger partial charge in [0, 0.05) is 19.2 Å². The zero-order chi connectivity index (χ0) is 14.7. The van der Waals surface area contributed by atoms with Gasteiger partial charge in [0.05, 0.1) is 5.56 Å². The van der Waals surface area contributed by atoms with E-state index in [-0.39, 0.29) is 5.56 Å². The third-order valence-electron chi connectivity index (χ3n) is 3.38. The van der Waals surface area contributed by atoms with Crippen molar-refractivity contribution in [1.29, 1.82) is 0 Å². The van der Waals surface area contributed by atoms with Crippen LogP contribution in [0.15, 0.2) is 36.7 Å². The number of ether oxygens (including phenoxy) is 1. The first-order chi connectivity index (χ1) is 10.2. The maximum Gasteiger partial charge on any atom is 0.335 e. The minimum Gasteiger partial charge on any atom is -0.478 e. The molecule has 2 aromatic rings. The normalized spacial score (nSPS) is 14.2. The fraction of sp³-hybridized carbons (Fsp3) is 0.267. The lowest BCUT2D eigenvalue weighted by atomic mass is 10.2. The molecule has 0 bridgehead atoms. The number of rotatable bonds is 4. The Morgan fingerprint density at radius 1 is 1.14 bits per heavy atom. The van der Waals surface area contributed by atoms with Crippen LogP contribution in [0, 0.1) is 0 Å². The molecule has 0 saturated carbocycles. The molecule has 1 saturated heterocycles. The van der Waals surface area contributed by atoms with E-state index in [0.717, 1.165) is 18.9 Å². The maximum atomic E-state index is 10.8. The van der Waals surface area contributed by atoms with E-state index in [0.29, 0.717) is 11.6 Å². The maximum absolute atomic E-state index is 10.8. The van der Waals surface area contributed by atoms with Gasteiger partial charge >= 0.3 is 5.97 Å². The Labute approximate surface area is 122 Å². The first-order valence-electron chi connectivity index (χ1n) is 6.80. The van der Waals surface area contributed by atoms with Gasteiger partial charge in [0.25, 0.3) is 0 Å². The molecule has 6 heteroatoms. The summed E-state index contributed by atoms with van der Waals surface area (Å²) in [5, 5.41) is 8.86. The lowest BCUT2D eigenvalue weighted by Gasteiger charge is -2.16. The topological polar surface area (TPSA) is 75.6 Å². The number of nitrogens with zero attached hydrogens (tertiary/aromatic N) is 3. The van der Waals surface area contributed by atoms with Crippen molar-refractivity contribution in [2.24, 2.45) is 0 Å². The monoisotopic (exact) mass is 285 g/mol. The van der Waals surface area contributed by atoms with Gasteiger partial charge in [-0.05, 0) is 37.1 Å². The minimum atomic E-state index is -0.958. The second-order valence-electron chi connectivity index (χ2n) is 4.84. The summed E-state index contributed by atoms with van der Waals surface area (Å²) in [6.45, 7) is 2.01. The first kappa shape index (κ1) is 13.4. The summed E-state index contributed by atoms with van der Waals surface area (Å²) < 4.78 is 5.64. The molecule has 108 valence electrons. The Morgan fingerprint density at radius 2 is 1.86 bits per heavy atom. The van der Waals surface area contributed by atoms with E-state index in [2.05, 4.69) is 14.9 Å². The van der Waals surface area contributed by atoms with Crippen LogP contribution in [0.25, 0.3) is 0 Å². The molecule has 0 radical (unpaired) electrons. The molecular weight excluding hydrogens is 270 g/mol. The molecule has 1 aromatic heterocycles. The molecule has 21 heavy (non-hydrogen) atoms. The number of carboxylic acids is 1. The number of hydrogen-bond donors (Lipinski definition) is 1. The van der Waals surface area contributed by atoms with Crippen LogP contribution in [0.1, 0.15) is 23.2 Å². The van der Waals surface area contributed by atoms with Crippen molar-refractivity contribution in [1.82, 2.24) is 9.97 Å². The fourth-order valence-corrected chi connectivity index (χ4v) is 2.29. The molecule has 0 spiro atoms. The SMILES string of the molecule is O=C(O)c1ccc(Oc2cc(N3CCCC3)ncn2)cc1. The number of aromatic carboxylic acids is 1. The Kier molecular flexibility index (Phi) is 3.68. The highest BCUT2D eigenvalue weighted by Crippen LogP contribution is 2.24. The second kappa shape index (κ2) is 5.78. The molecule has 6 nitrogen and oxygen atoms in total. The van der Waals surface area contributed by atoms with Gasteiger partial charge < -0.3 is 14.7 Å². The second-order valence-corrected chi connectivity index (χ2v) is 4.84. The van der Waals surface area contributed by atoms with E-state index < -0.39 is 5.97 Å². The highest BCUT2D eigenvalue weighted by Gasteiger charge is 2.14. The van der Waals surface area contributed by atoms with E-state index in [1.165, 1.54) is 31.3 Å². The van der Waals surface area contributed by atoms with Crippen LogP contribution >= 0.6 is 0 Å². The summed E-state index contributed by atoms with van der Waals surface area (Å²) in [6, 6.07) is 8.03. The molecule has 1 aliphatic rings. The highest BCUT2D eigenvalue weighted by atomic mass is 16.5. The third-order valence-corrected chi connectivity index (χ3v) is 3.38. The van der Waals surface area contributed by atoms with Crippen molar-refractivity contribution in [3.63, 3.8) is 0 Å². The van der Waals surface area contributed by atoms with E-state index in [1.54, 1.807) is 18.2 Å². The largest absolute Gasteiger partial charge is 0.478 e. The van der Waals surface area contributed by atoms with Gasteiger partial charge in [0.15, 0.2) is 0 Å². The number of carboxylic acid groups (broad SMARTS) is 1. The van der Waals surface area contributed by atoms with E-state index in [1.807, 2.05) is 0 Å². The van der Waals surface area contributed by atoms with Crippen LogP contribution in [0.5, 0.6) is 11.6 Å². The molecule has 1 aromatic carbocycles. The van der Waals surface area contributed by atoms with Crippen LogP contribution in [-0.4, -0.2) is 34.1 Å². The number of carbonyl (C=O) groups is 1. The van der Waals surface area contributed by atoms with Gasteiger partial charge in [-0.2, -0.15) is 0 Å². The smallest absolute Gasteiger partial charge is 0.335 e. The molecule has 2 heterocycles. The molecule has 1 fully saturated rings. The van der Waals surface area contributed by atoms with Crippen molar-refractivity contribution in [2.75, 3.05) is 18.0 Å². The van der Waals surface area contributed by atoms with Gasteiger partial charge in [-0.3, -0.25) is 0 Å². The summed E-state index contributed by atoms with van der Waals surface area (Å²) >= 11 is 0. The zero-order valence-electron chi connectivity index (χ0n) is 11.4. The average Bonchev–Trinajstić information content (AvgIpc) is 3.02. The van der Waals surface area contributed by atoms with E-state index in [9.17, 15) is 4.79 Å². The Balaban J connectivity index is 1.75. The summed E-state index contributed by atoms with van der Waals surface area (Å²) in [4.78, 5) is 21.3. The Hall–Kier alpha value is -2.63. The zero-order valence-corrected chi connectivity index (χ0v) is 11.4. The molecule has 1 N–H and O–H groups in total. The van der Waals surface area contributed by atoms with Crippen molar-refractivity contribution in [2.45, 2.75) is 12.8 Å². The minimum absolute atomic E-state index is 0.225. The Morgan fingerprint density at radius 3 is 2.52 bits per heavy atom. The molecule has 0 unspecified atom stereocenters. The lowest BCUT2D eigenvalue weighted by molar-refractivity contribution is 0.0697.